The lowest BCUT2D eigenvalue weighted by atomic mass is 10.0. The molecule has 0 spiro atoms. The normalized spacial score (nSPS) is 15.6. The van der Waals surface area contributed by atoms with E-state index < -0.39 is 12.2 Å². The summed E-state index contributed by atoms with van der Waals surface area (Å²) < 4.78 is 12.7. The maximum atomic E-state index is 12.7. The Bertz CT molecular complexity index is 262. The maximum Gasteiger partial charge on any atom is 0.116 e. The number of halogens is 1. The number of rotatable bonds is 2. The summed E-state index contributed by atoms with van der Waals surface area (Å²) in [6.45, 7) is 1.40. The molecular weight excluding hydrogens is 157 g/mol. The van der Waals surface area contributed by atoms with E-state index >= 15 is 0 Å². The smallest absolute Gasteiger partial charge is 0.116 e. The predicted molar refractivity (Wildman–Crippen MR) is 45.6 cm³/mol. The molecule has 0 radical (unpaired) electrons. The van der Waals surface area contributed by atoms with E-state index in [1.54, 1.807) is 12.1 Å². The van der Waals surface area contributed by atoms with Gasteiger partial charge in [0.2, 0.25) is 0 Å². The Morgan fingerprint density at radius 2 is 2.17 bits per heavy atom. The second kappa shape index (κ2) is 3.54. The summed E-state index contributed by atoms with van der Waals surface area (Å²) in [7, 11) is 0. The third kappa shape index (κ3) is 1.95. The van der Waals surface area contributed by atoms with Gasteiger partial charge in [-0.2, -0.15) is 0 Å². The van der Waals surface area contributed by atoms with E-state index in [0.29, 0.717) is 5.56 Å². The third-order valence-electron chi connectivity index (χ3n) is 1.75. The van der Waals surface area contributed by atoms with E-state index in [1.807, 2.05) is 0 Å². The van der Waals surface area contributed by atoms with Crippen LogP contribution in [0.4, 0.5) is 4.39 Å². The van der Waals surface area contributed by atoms with Crippen LogP contribution in [-0.4, -0.2) is 11.3 Å². The Morgan fingerprint density at radius 1 is 1.50 bits per heavy atom. The molecule has 2 unspecified atom stereocenters. The topological polar surface area (TPSA) is 46.2 Å². The first kappa shape index (κ1) is 9.00. The summed E-state index contributed by atoms with van der Waals surface area (Å²) in [5, 5.41) is 9.07. The highest BCUT2D eigenvalue weighted by molar-refractivity contribution is 5.29. The number of hydrogen-bond donors (Lipinski definition) is 2. The highest BCUT2D eigenvalue weighted by Crippen LogP contribution is 2.20. The monoisotopic (exact) mass is 169 g/mol. The molecule has 1 aromatic carbocycles. The van der Waals surface area contributed by atoms with E-state index in [4.69, 9.17) is 10.8 Å². The first-order valence-corrected chi connectivity index (χ1v) is 3.80. The molecule has 0 heterocycles. The lowest BCUT2D eigenvalue weighted by Gasteiger charge is -2.12. The summed E-state index contributed by atoms with van der Waals surface area (Å²) in [6, 6.07) is 5.69. The van der Waals surface area contributed by atoms with Gasteiger partial charge in [-0.15, -0.1) is 0 Å². The van der Waals surface area contributed by atoms with E-state index in [9.17, 15) is 4.39 Å². The molecule has 3 heteroatoms. The van der Waals surface area contributed by atoms with Crippen molar-refractivity contribution in [1.29, 1.82) is 0 Å². The first-order chi connectivity index (χ1) is 5.61. The summed E-state index contributed by atoms with van der Waals surface area (Å²) in [4.78, 5) is 0. The molecule has 0 fully saturated rings. The average Bonchev–Trinajstić information content (AvgIpc) is 2.03. The van der Waals surface area contributed by atoms with Gasteiger partial charge in [-0.1, -0.05) is 12.1 Å². The highest BCUT2D eigenvalue weighted by Gasteiger charge is 2.13. The van der Waals surface area contributed by atoms with Crippen LogP contribution in [0.15, 0.2) is 24.3 Å². The molecule has 3 N–H and O–H groups in total. The minimum Gasteiger partial charge on any atom is -0.508 e. The van der Waals surface area contributed by atoms with Crippen LogP contribution in [0.2, 0.25) is 0 Å². The lowest BCUT2D eigenvalue weighted by Crippen LogP contribution is -2.19. The molecular formula is C9H12FNO. The fourth-order valence-electron chi connectivity index (χ4n) is 0.997. The largest absolute Gasteiger partial charge is 0.508 e. The van der Waals surface area contributed by atoms with Gasteiger partial charge in [0.25, 0.3) is 0 Å². The van der Waals surface area contributed by atoms with Crippen LogP contribution in [0.1, 0.15) is 18.5 Å². The molecule has 0 aliphatic rings. The summed E-state index contributed by atoms with van der Waals surface area (Å²) >= 11 is 0. The Morgan fingerprint density at radius 3 is 2.67 bits per heavy atom. The van der Waals surface area contributed by atoms with Gasteiger partial charge in [0, 0.05) is 0 Å². The second-order valence-electron chi connectivity index (χ2n) is 2.80. The number of hydrogen-bond acceptors (Lipinski definition) is 2. The van der Waals surface area contributed by atoms with Gasteiger partial charge in [-0.3, -0.25) is 0 Å². The minimum atomic E-state index is -1.10. The SMILES string of the molecule is CC(F)C(N)c1cccc(O)c1. The molecule has 0 aromatic heterocycles. The van der Waals surface area contributed by atoms with Crippen LogP contribution in [-0.2, 0) is 0 Å². The van der Waals surface area contributed by atoms with Crippen molar-refractivity contribution in [3.05, 3.63) is 29.8 Å². The Hall–Kier alpha value is -1.09. The van der Waals surface area contributed by atoms with Crippen molar-refractivity contribution < 1.29 is 9.50 Å². The van der Waals surface area contributed by atoms with Crippen molar-refractivity contribution in [3.8, 4) is 5.75 Å². The van der Waals surface area contributed by atoms with E-state index in [1.165, 1.54) is 19.1 Å². The zero-order chi connectivity index (χ0) is 9.14. The highest BCUT2D eigenvalue weighted by atomic mass is 19.1. The van der Waals surface area contributed by atoms with Crippen molar-refractivity contribution >= 4 is 0 Å². The Balaban J connectivity index is 2.88. The zero-order valence-electron chi connectivity index (χ0n) is 6.87. The molecule has 12 heavy (non-hydrogen) atoms. The molecule has 2 nitrogen and oxygen atoms in total. The van der Waals surface area contributed by atoms with Gasteiger partial charge < -0.3 is 10.8 Å². The fourth-order valence-corrected chi connectivity index (χ4v) is 0.997. The average molecular weight is 169 g/mol. The van der Waals surface area contributed by atoms with Crippen LogP contribution in [0.3, 0.4) is 0 Å². The van der Waals surface area contributed by atoms with Crippen molar-refractivity contribution in [2.75, 3.05) is 0 Å². The standard InChI is InChI=1S/C9H12FNO/c1-6(10)9(11)7-3-2-4-8(12)5-7/h2-6,9,12H,11H2,1H3. The van der Waals surface area contributed by atoms with E-state index in [0.717, 1.165) is 0 Å². The minimum absolute atomic E-state index is 0.114. The number of aromatic hydroxyl groups is 1. The first-order valence-electron chi connectivity index (χ1n) is 3.80. The number of phenolic OH excluding ortho intramolecular Hbond substituents is 1. The van der Waals surface area contributed by atoms with Crippen molar-refractivity contribution in [2.24, 2.45) is 5.73 Å². The van der Waals surface area contributed by atoms with Gasteiger partial charge in [-0.05, 0) is 24.6 Å². The molecule has 0 amide bonds. The van der Waals surface area contributed by atoms with Gasteiger partial charge in [0.1, 0.15) is 11.9 Å². The quantitative estimate of drug-likeness (QED) is 0.708. The number of alkyl halides is 1. The molecule has 2 atom stereocenters. The Labute approximate surface area is 70.8 Å². The zero-order valence-corrected chi connectivity index (χ0v) is 6.87. The van der Waals surface area contributed by atoms with Gasteiger partial charge in [0.15, 0.2) is 0 Å². The lowest BCUT2D eigenvalue weighted by molar-refractivity contribution is 0.309. The summed E-state index contributed by atoms with van der Waals surface area (Å²) in [5.74, 6) is 0.114. The third-order valence-corrected chi connectivity index (χ3v) is 1.75. The van der Waals surface area contributed by atoms with Crippen LogP contribution < -0.4 is 5.73 Å². The number of benzene rings is 1. The van der Waals surface area contributed by atoms with Crippen LogP contribution in [0.25, 0.3) is 0 Å². The van der Waals surface area contributed by atoms with Crippen molar-refractivity contribution in [3.63, 3.8) is 0 Å². The molecule has 0 saturated carbocycles. The maximum absolute atomic E-state index is 12.7. The van der Waals surface area contributed by atoms with Crippen LogP contribution in [0, 0.1) is 0 Å². The van der Waals surface area contributed by atoms with E-state index in [-0.39, 0.29) is 5.75 Å². The van der Waals surface area contributed by atoms with Crippen LogP contribution >= 0.6 is 0 Å². The molecule has 1 aromatic rings. The van der Waals surface area contributed by atoms with Gasteiger partial charge in [-0.25, -0.2) is 4.39 Å². The summed E-state index contributed by atoms with van der Waals surface area (Å²) in [5.41, 5.74) is 6.14. The van der Waals surface area contributed by atoms with E-state index in [2.05, 4.69) is 0 Å². The number of nitrogens with two attached hydrogens (primary N) is 1. The van der Waals surface area contributed by atoms with Crippen molar-refractivity contribution in [1.82, 2.24) is 0 Å². The fraction of sp³-hybridized carbons (Fsp3) is 0.333. The second-order valence-corrected chi connectivity index (χ2v) is 2.80. The van der Waals surface area contributed by atoms with Crippen molar-refractivity contribution in [2.45, 2.75) is 19.1 Å². The summed E-state index contributed by atoms with van der Waals surface area (Å²) in [6.07, 6.45) is -1.10. The number of phenols is 1. The molecule has 1 rings (SSSR count). The predicted octanol–water partition coefficient (Wildman–Crippen LogP) is 1.75. The molecule has 66 valence electrons. The molecule has 0 saturated heterocycles. The molecule has 0 bridgehead atoms. The molecule has 0 aliphatic carbocycles. The van der Waals surface area contributed by atoms with Gasteiger partial charge >= 0.3 is 0 Å². The van der Waals surface area contributed by atoms with Crippen LogP contribution in [0.5, 0.6) is 5.75 Å². The van der Waals surface area contributed by atoms with Gasteiger partial charge in [0.05, 0.1) is 6.04 Å². The Kier molecular flexibility index (Phi) is 2.65. The molecule has 0 aliphatic heterocycles.